The highest BCUT2D eigenvalue weighted by Crippen LogP contribution is 2.41. The largest absolute Gasteiger partial charge is 0.494 e. The van der Waals surface area contributed by atoms with Crippen LogP contribution in [0.5, 0.6) is 5.75 Å². The number of fused-ring (bicyclic) bond motifs is 1. The summed E-state index contributed by atoms with van der Waals surface area (Å²) < 4.78 is 45.0. The number of para-hydroxylation sites is 1. The number of anilines is 1. The van der Waals surface area contributed by atoms with Crippen LogP contribution in [0.15, 0.2) is 24.3 Å². The number of halogens is 3. The summed E-state index contributed by atoms with van der Waals surface area (Å²) >= 11 is 0. The lowest BCUT2D eigenvalue weighted by Gasteiger charge is -2.22. The molecule has 3 rings (SSSR count). The Morgan fingerprint density at radius 1 is 1.36 bits per heavy atom. The molecule has 25 heavy (non-hydrogen) atoms. The minimum atomic E-state index is -4.56. The summed E-state index contributed by atoms with van der Waals surface area (Å²) in [7, 11) is 1.49. The molecule has 0 aliphatic carbocycles. The summed E-state index contributed by atoms with van der Waals surface area (Å²) in [5.74, 6) is -4.31. The zero-order valence-electron chi connectivity index (χ0n) is 13.7. The van der Waals surface area contributed by atoms with Crippen LogP contribution in [-0.2, 0) is 4.79 Å². The van der Waals surface area contributed by atoms with Gasteiger partial charge in [0.15, 0.2) is 0 Å². The number of carboxylic acids is 1. The molecule has 2 heterocycles. The molecule has 0 unspecified atom stereocenters. The van der Waals surface area contributed by atoms with Crippen molar-refractivity contribution in [3.63, 3.8) is 0 Å². The third-order valence-electron chi connectivity index (χ3n) is 4.53. The van der Waals surface area contributed by atoms with E-state index in [1.54, 1.807) is 31.2 Å². The number of carbonyl (C=O) groups is 1. The van der Waals surface area contributed by atoms with Crippen molar-refractivity contribution in [1.29, 1.82) is 0 Å². The number of nitrogens with zero attached hydrogens (tertiary/aromatic N) is 2. The molecule has 1 saturated heterocycles. The van der Waals surface area contributed by atoms with E-state index in [2.05, 4.69) is 4.98 Å². The number of aromatic nitrogens is 1. The van der Waals surface area contributed by atoms with E-state index >= 15 is 0 Å². The molecule has 134 valence electrons. The number of aliphatic carboxylic acids is 1. The molecular formula is C17H17F3N2O3. The quantitative estimate of drug-likeness (QED) is 0.917. The number of rotatable bonds is 3. The Morgan fingerprint density at radius 3 is 2.64 bits per heavy atom. The van der Waals surface area contributed by atoms with Gasteiger partial charge in [-0.05, 0) is 19.1 Å². The number of hydrogen-bond donors (Lipinski definition) is 1. The maximum atomic E-state index is 13.2. The highest BCUT2D eigenvalue weighted by Gasteiger charge is 2.52. The summed E-state index contributed by atoms with van der Waals surface area (Å²) in [6.45, 7) is 1.15. The number of ether oxygens (including phenoxy) is 1. The topological polar surface area (TPSA) is 62.7 Å². The number of hydrogen-bond acceptors (Lipinski definition) is 4. The molecular weight excluding hydrogens is 337 g/mol. The van der Waals surface area contributed by atoms with Crippen molar-refractivity contribution in [1.82, 2.24) is 4.98 Å². The Kier molecular flexibility index (Phi) is 4.22. The van der Waals surface area contributed by atoms with Crippen LogP contribution in [0.4, 0.5) is 18.9 Å². The second-order valence-electron chi connectivity index (χ2n) is 6.14. The van der Waals surface area contributed by atoms with E-state index in [-0.39, 0.29) is 6.54 Å². The normalized spacial score (nSPS) is 20.9. The fourth-order valence-corrected chi connectivity index (χ4v) is 3.34. The molecule has 1 aliphatic heterocycles. The summed E-state index contributed by atoms with van der Waals surface area (Å²) in [6.07, 6.45) is -4.56. The van der Waals surface area contributed by atoms with Crippen LogP contribution < -0.4 is 9.64 Å². The van der Waals surface area contributed by atoms with Crippen molar-refractivity contribution in [2.75, 3.05) is 25.1 Å². The smallest absolute Gasteiger partial charge is 0.394 e. The number of aryl methyl sites for hydroxylation is 1. The number of carboxylic acid groups (broad SMARTS) is 1. The first kappa shape index (κ1) is 17.3. The first-order chi connectivity index (χ1) is 11.7. The monoisotopic (exact) mass is 354 g/mol. The molecule has 2 aromatic rings. The molecule has 5 nitrogen and oxygen atoms in total. The van der Waals surface area contributed by atoms with E-state index in [0.717, 1.165) is 0 Å². The van der Waals surface area contributed by atoms with Crippen molar-refractivity contribution in [3.05, 3.63) is 30.0 Å². The van der Waals surface area contributed by atoms with E-state index < -0.39 is 30.5 Å². The lowest BCUT2D eigenvalue weighted by Crippen LogP contribution is -2.33. The zero-order valence-corrected chi connectivity index (χ0v) is 13.7. The van der Waals surface area contributed by atoms with Crippen LogP contribution in [0.1, 0.15) is 5.69 Å². The van der Waals surface area contributed by atoms with Gasteiger partial charge in [0, 0.05) is 29.9 Å². The van der Waals surface area contributed by atoms with Gasteiger partial charge in [0.05, 0.1) is 18.9 Å². The van der Waals surface area contributed by atoms with Crippen LogP contribution in [0, 0.1) is 18.8 Å². The SMILES string of the molecule is COc1cccc2c(N3C[C@@H](C(F)(F)F)[C@H](C(=O)O)C3)cc(C)nc12. The maximum Gasteiger partial charge on any atom is 0.394 e. The molecule has 0 bridgehead atoms. The number of pyridine rings is 1. The Bertz CT molecular complexity index is 823. The van der Waals surface area contributed by atoms with Crippen molar-refractivity contribution >= 4 is 22.6 Å². The van der Waals surface area contributed by atoms with Crippen molar-refractivity contribution in [3.8, 4) is 5.75 Å². The molecule has 2 atom stereocenters. The lowest BCUT2D eigenvalue weighted by atomic mass is 9.96. The average molecular weight is 354 g/mol. The van der Waals surface area contributed by atoms with Crippen LogP contribution in [0.25, 0.3) is 10.9 Å². The second kappa shape index (κ2) is 6.09. The van der Waals surface area contributed by atoms with E-state index in [1.165, 1.54) is 12.0 Å². The first-order valence-electron chi connectivity index (χ1n) is 7.71. The van der Waals surface area contributed by atoms with E-state index in [9.17, 15) is 23.1 Å². The van der Waals surface area contributed by atoms with Gasteiger partial charge >= 0.3 is 12.1 Å². The fraction of sp³-hybridized carbons (Fsp3) is 0.412. The van der Waals surface area contributed by atoms with Gasteiger partial charge in [0.1, 0.15) is 11.3 Å². The molecule has 1 N–H and O–H groups in total. The van der Waals surface area contributed by atoms with Gasteiger partial charge in [-0.3, -0.25) is 4.79 Å². The van der Waals surface area contributed by atoms with Crippen molar-refractivity contribution < 1.29 is 27.8 Å². The van der Waals surface area contributed by atoms with Gasteiger partial charge in [0.25, 0.3) is 0 Å². The Morgan fingerprint density at radius 2 is 2.08 bits per heavy atom. The van der Waals surface area contributed by atoms with Gasteiger partial charge in [-0.1, -0.05) is 12.1 Å². The van der Waals surface area contributed by atoms with Crippen LogP contribution in [0.3, 0.4) is 0 Å². The third-order valence-corrected chi connectivity index (χ3v) is 4.53. The fourth-order valence-electron chi connectivity index (χ4n) is 3.34. The van der Waals surface area contributed by atoms with E-state index in [4.69, 9.17) is 4.74 Å². The Hall–Kier alpha value is -2.51. The summed E-state index contributed by atoms with van der Waals surface area (Å²) in [6, 6.07) is 6.88. The molecule has 0 saturated carbocycles. The number of alkyl halides is 3. The molecule has 1 aromatic heterocycles. The van der Waals surface area contributed by atoms with Crippen LogP contribution in [0.2, 0.25) is 0 Å². The second-order valence-corrected chi connectivity index (χ2v) is 6.14. The molecule has 0 radical (unpaired) electrons. The van der Waals surface area contributed by atoms with Crippen molar-refractivity contribution in [2.45, 2.75) is 13.1 Å². The molecule has 8 heteroatoms. The Labute approximate surface area is 142 Å². The van der Waals surface area contributed by atoms with E-state index in [1.807, 2.05) is 0 Å². The Balaban J connectivity index is 2.09. The zero-order chi connectivity index (χ0) is 18.4. The maximum absolute atomic E-state index is 13.2. The minimum absolute atomic E-state index is 0.199. The highest BCUT2D eigenvalue weighted by atomic mass is 19.4. The predicted octanol–water partition coefficient (Wildman–Crippen LogP) is 3.25. The summed E-state index contributed by atoms with van der Waals surface area (Å²) in [5.41, 5.74) is 1.70. The van der Waals surface area contributed by atoms with Crippen LogP contribution >= 0.6 is 0 Å². The minimum Gasteiger partial charge on any atom is -0.494 e. The predicted molar refractivity (Wildman–Crippen MR) is 85.9 cm³/mol. The van der Waals surface area contributed by atoms with Gasteiger partial charge < -0.3 is 14.7 Å². The number of benzene rings is 1. The third kappa shape index (κ3) is 3.08. The highest BCUT2D eigenvalue weighted by molar-refractivity contribution is 5.96. The summed E-state index contributed by atoms with van der Waals surface area (Å²) in [4.78, 5) is 17.2. The van der Waals surface area contributed by atoms with Gasteiger partial charge in [-0.15, -0.1) is 0 Å². The number of methoxy groups -OCH3 is 1. The first-order valence-corrected chi connectivity index (χ1v) is 7.71. The molecule has 0 amide bonds. The van der Waals surface area contributed by atoms with E-state index in [0.29, 0.717) is 28.0 Å². The van der Waals surface area contributed by atoms with Crippen LogP contribution in [-0.4, -0.2) is 42.4 Å². The molecule has 1 aromatic carbocycles. The van der Waals surface area contributed by atoms with Gasteiger partial charge in [-0.2, -0.15) is 13.2 Å². The van der Waals surface area contributed by atoms with Crippen molar-refractivity contribution in [2.24, 2.45) is 11.8 Å². The molecule has 1 aliphatic rings. The molecule has 0 spiro atoms. The standard InChI is InChI=1S/C17H17F3N2O3/c1-9-6-13(10-4-3-5-14(25-2)15(10)21-9)22-7-11(16(23)24)12(8-22)17(18,19)20/h3-6,11-12H,7-8H2,1-2H3,(H,23,24)/t11-,12-/m1/s1. The average Bonchev–Trinajstić information content (AvgIpc) is 2.99. The van der Waals surface area contributed by atoms with Gasteiger partial charge in [0.2, 0.25) is 0 Å². The van der Waals surface area contributed by atoms with Gasteiger partial charge in [-0.25, -0.2) is 4.98 Å². The molecule has 1 fully saturated rings. The summed E-state index contributed by atoms with van der Waals surface area (Å²) in [5, 5.41) is 9.84. The lowest BCUT2D eigenvalue weighted by molar-refractivity contribution is -0.187.